The Kier molecular flexibility index (Phi) is 9.77. The molecule has 2 fully saturated rings. The number of nitrogens with zero attached hydrogens (tertiary/aromatic N) is 2. The standard InChI is InChI=1S/C24H40N4O2/c1-25-24(27-21-12-15-28(16-13-21)14-7-17-29-2)26-19-20-8-6-11-23(18-20)30-22-9-4-3-5-10-22/h6,8,11,18,21-22H,3-5,7,9-10,12-17,19H2,1-2H3,(H2,25,26,27). The molecule has 6 nitrogen and oxygen atoms in total. The van der Waals surface area contributed by atoms with E-state index in [-0.39, 0.29) is 0 Å². The van der Waals surface area contributed by atoms with E-state index in [9.17, 15) is 0 Å². The summed E-state index contributed by atoms with van der Waals surface area (Å²) in [4.78, 5) is 6.96. The van der Waals surface area contributed by atoms with Crippen LogP contribution in [-0.2, 0) is 11.3 Å². The summed E-state index contributed by atoms with van der Waals surface area (Å²) in [5.41, 5.74) is 1.22. The Morgan fingerprint density at radius 3 is 2.67 bits per heavy atom. The van der Waals surface area contributed by atoms with E-state index in [4.69, 9.17) is 9.47 Å². The Balaban J connectivity index is 1.39. The maximum atomic E-state index is 6.21. The number of guanidine groups is 1. The molecule has 1 aromatic rings. The van der Waals surface area contributed by atoms with Crippen molar-refractivity contribution in [1.29, 1.82) is 0 Å². The summed E-state index contributed by atoms with van der Waals surface area (Å²) < 4.78 is 11.4. The number of hydrogen-bond donors (Lipinski definition) is 2. The molecule has 3 rings (SSSR count). The molecular weight excluding hydrogens is 376 g/mol. The van der Waals surface area contributed by atoms with Crippen LogP contribution in [0.1, 0.15) is 56.9 Å². The third kappa shape index (κ3) is 7.80. The SMILES string of the molecule is CN=C(NCc1cccc(OC2CCCCC2)c1)NC1CCN(CCCOC)CC1. The van der Waals surface area contributed by atoms with Crippen molar-refractivity contribution in [3.05, 3.63) is 29.8 Å². The number of aliphatic imine (C=N–C) groups is 1. The number of likely N-dealkylation sites (tertiary alicyclic amines) is 1. The molecule has 1 saturated carbocycles. The largest absolute Gasteiger partial charge is 0.490 e. The van der Waals surface area contributed by atoms with Gasteiger partial charge in [0.2, 0.25) is 0 Å². The molecule has 0 bridgehead atoms. The van der Waals surface area contributed by atoms with Gasteiger partial charge in [0.1, 0.15) is 5.75 Å². The Hall–Kier alpha value is -1.79. The third-order valence-corrected chi connectivity index (χ3v) is 6.19. The molecule has 1 saturated heterocycles. The van der Waals surface area contributed by atoms with Crippen LogP contribution in [0.15, 0.2) is 29.3 Å². The van der Waals surface area contributed by atoms with E-state index in [1.165, 1.54) is 37.7 Å². The van der Waals surface area contributed by atoms with Crippen molar-refractivity contribution in [2.75, 3.05) is 40.4 Å². The number of nitrogens with one attached hydrogen (secondary N) is 2. The number of hydrogen-bond acceptors (Lipinski definition) is 4. The monoisotopic (exact) mass is 416 g/mol. The molecule has 2 N–H and O–H groups in total. The molecule has 1 aliphatic carbocycles. The molecule has 0 spiro atoms. The number of piperidine rings is 1. The molecular formula is C24H40N4O2. The Labute approximate surface area is 182 Å². The highest BCUT2D eigenvalue weighted by atomic mass is 16.5. The summed E-state index contributed by atoms with van der Waals surface area (Å²) in [5.74, 6) is 1.87. The van der Waals surface area contributed by atoms with E-state index >= 15 is 0 Å². The molecule has 0 unspecified atom stereocenters. The topological polar surface area (TPSA) is 58.1 Å². The normalized spacial score (nSPS) is 19.6. The minimum absolute atomic E-state index is 0.386. The van der Waals surface area contributed by atoms with E-state index in [2.05, 4.69) is 44.8 Å². The summed E-state index contributed by atoms with van der Waals surface area (Å²) in [7, 11) is 3.62. The quantitative estimate of drug-likeness (QED) is 0.366. The molecule has 168 valence electrons. The van der Waals surface area contributed by atoms with Crippen molar-refractivity contribution < 1.29 is 9.47 Å². The highest BCUT2D eigenvalue weighted by molar-refractivity contribution is 5.79. The van der Waals surface area contributed by atoms with Crippen LogP contribution in [0.2, 0.25) is 0 Å². The fourth-order valence-corrected chi connectivity index (χ4v) is 4.41. The van der Waals surface area contributed by atoms with Crippen molar-refractivity contribution in [3.8, 4) is 5.75 Å². The Morgan fingerprint density at radius 2 is 1.93 bits per heavy atom. The fraction of sp³-hybridized carbons (Fsp3) is 0.708. The van der Waals surface area contributed by atoms with Crippen LogP contribution in [0.5, 0.6) is 5.75 Å². The van der Waals surface area contributed by atoms with Gasteiger partial charge < -0.3 is 25.0 Å². The second-order valence-electron chi connectivity index (χ2n) is 8.56. The molecule has 1 aliphatic heterocycles. The van der Waals surface area contributed by atoms with Crippen molar-refractivity contribution >= 4 is 5.96 Å². The van der Waals surface area contributed by atoms with Crippen LogP contribution in [0.25, 0.3) is 0 Å². The zero-order chi connectivity index (χ0) is 21.0. The summed E-state index contributed by atoms with van der Waals surface area (Å²) in [5, 5.41) is 7.07. The average molecular weight is 417 g/mol. The summed E-state index contributed by atoms with van der Waals surface area (Å²) in [6, 6.07) is 8.95. The fourth-order valence-electron chi connectivity index (χ4n) is 4.41. The molecule has 1 aromatic carbocycles. The van der Waals surface area contributed by atoms with Crippen LogP contribution in [0.4, 0.5) is 0 Å². The maximum absolute atomic E-state index is 6.21. The smallest absolute Gasteiger partial charge is 0.191 e. The zero-order valence-corrected chi connectivity index (χ0v) is 18.9. The van der Waals surface area contributed by atoms with Gasteiger partial charge in [0, 0.05) is 53.0 Å². The first-order valence-corrected chi connectivity index (χ1v) is 11.7. The van der Waals surface area contributed by atoms with Crippen molar-refractivity contribution in [1.82, 2.24) is 15.5 Å². The van der Waals surface area contributed by atoms with Crippen molar-refractivity contribution in [2.45, 2.75) is 70.1 Å². The highest BCUT2D eigenvalue weighted by Crippen LogP contribution is 2.24. The van der Waals surface area contributed by atoms with Gasteiger partial charge in [-0.1, -0.05) is 18.6 Å². The lowest BCUT2D eigenvalue weighted by Gasteiger charge is -2.33. The van der Waals surface area contributed by atoms with Gasteiger partial charge in [-0.05, 0) is 62.6 Å². The lowest BCUT2D eigenvalue weighted by Crippen LogP contribution is -2.48. The summed E-state index contributed by atoms with van der Waals surface area (Å²) in [6.45, 7) is 5.00. The van der Waals surface area contributed by atoms with Crippen LogP contribution in [0, 0.1) is 0 Å². The number of benzene rings is 1. The molecule has 6 heteroatoms. The number of rotatable bonds is 9. The van der Waals surface area contributed by atoms with Crippen LogP contribution in [0.3, 0.4) is 0 Å². The molecule has 0 atom stereocenters. The van der Waals surface area contributed by atoms with Gasteiger partial charge in [0.25, 0.3) is 0 Å². The average Bonchev–Trinajstić information content (AvgIpc) is 2.79. The first-order chi connectivity index (χ1) is 14.8. The van der Waals surface area contributed by atoms with Crippen LogP contribution < -0.4 is 15.4 Å². The van der Waals surface area contributed by atoms with Gasteiger partial charge in [-0.15, -0.1) is 0 Å². The second-order valence-corrected chi connectivity index (χ2v) is 8.56. The maximum Gasteiger partial charge on any atom is 0.191 e. The van der Waals surface area contributed by atoms with E-state index < -0.39 is 0 Å². The predicted octanol–water partition coefficient (Wildman–Crippen LogP) is 3.56. The van der Waals surface area contributed by atoms with Gasteiger partial charge in [-0.25, -0.2) is 0 Å². The van der Waals surface area contributed by atoms with Gasteiger partial charge in [0.05, 0.1) is 6.10 Å². The number of ether oxygens (including phenoxy) is 2. The second kappa shape index (κ2) is 12.8. The molecule has 0 amide bonds. The minimum Gasteiger partial charge on any atom is -0.490 e. The van der Waals surface area contributed by atoms with Gasteiger partial charge in [-0.2, -0.15) is 0 Å². The summed E-state index contributed by atoms with van der Waals surface area (Å²) in [6.07, 6.45) is 10.1. The zero-order valence-electron chi connectivity index (χ0n) is 18.9. The molecule has 2 aliphatic rings. The molecule has 0 radical (unpaired) electrons. The highest BCUT2D eigenvalue weighted by Gasteiger charge is 2.19. The van der Waals surface area contributed by atoms with E-state index in [1.807, 2.05) is 7.05 Å². The number of methoxy groups -OCH3 is 1. The van der Waals surface area contributed by atoms with Crippen molar-refractivity contribution in [3.63, 3.8) is 0 Å². The van der Waals surface area contributed by atoms with Crippen molar-refractivity contribution in [2.24, 2.45) is 4.99 Å². The third-order valence-electron chi connectivity index (χ3n) is 6.19. The Bertz CT molecular complexity index is 638. The minimum atomic E-state index is 0.386. The molecule has 1 heterocycles. The Morgan fingerprint density at radius 1 is 1.13 bits per heavy atom. The van der Waals surface area contributed by atoms with Gasteiger partial charge in [-0.3, -0.25) is 4.99 Å². The first-order valence-electron chi connectivity index (χ1n) is 11.7. The van der Waals surface area contributed by atoms with E-state index in [0.717, 1.165) is 63.8 Å². The summed E-state index contributed by atoms with van der Waals surface area (Å²) >= 11 is 0. The predicted molar refractivity (Wildman–Crippen MR) is 123 cm³/mol. The molecule has 0 aromatic heterocycles. The van der Waals surface area contributed by atoms with Crippen LogP contribution in [-0.4, -0.2) is 63.4 Å². The van der Waals surface area contributed by atoms with Gasteiger partial charge in [0.15, 0.2) is 5.96 Å². The van der Waals surface area contributed by atoms with E-state index in [1.54, 1.807) is 7.11 Å². The lowest BCUT2D eigenvalue weighted by molar-refractivity contribution is 0.155. The first kappa shape index (κ1) is 22.9. The van der Waals surface area contributed by atoms with Gasteiger partial charge >= 0.3 is 0 Å². The molecule has 30 heavy (non-hydrogen) atoms. The van der Waals surface area contributed by atoms with E-state index in [0.29, 0.717) is 12.1 Å². The van der Waals surface area contributed by atoms with Crippen LogP contribution >= 0.6 is 0 Å². The lowest BCUT2D eigenvalue weighted by atomic mass is 9.98.